The average molecular weight is 791 g/mol. The molecule has 1 aliphatic rings. The average Bonchev–Trinajstić information content (AvgIpc) is 3.69. The van der Waals surface area contributed by atoms with E-state index in [1.54, 1.807) is 0 Å². The zero-order chi connectivity index (χ0) is 41.0. The predicted molar refractivity (Wildman–Crippen MR) is 264 cm³/mol. The van der Waals surface area contributed by atoms with Crippen LogP contribution in [0.2, 0.25) is 0 Å². The summed E-state index contributed by atoms with van der Waals surface area (Å²) in [5, 5.41) is 9.01. The van der Waals surface area contributed by atoms with E-state index in [9.17, 15) is 0 Å². The fourth-order valence-corrected chi connectivity index (χ4v) is 9.90. The lowest BCUT2D eigenvalue weighted by Crippen LogP contribution is -2.10. The van der Waals surface area contributed by atoms with Crippen LogP contribution in [0.5, 0.6) is 0 Å². The molecule has 2 heteroatoms. The van der Waals surface area contributed by atoms with E-state index in [-0.39, 0.29) is 0 Å². The van der Waals surface area contributed by atoms with Crippen molar-refractivity contribution in [3.63, 3.8) is 0 Å². The number of aromatic nitrogens is 1. The first kappa shape index (κ1) is 36.0. The van der Waals surface area contributed by atoms with Crippen LogP contribution in [-0.2, 0) is 6.42 Å². The number of hydrogen-bond acceptors (Lipinski definition) is 1. The number of benzene rings is 10. The van der Waals surface area contributed by atoms with Crippen molar-refractivity contribution in [1.82, 2.24) is 4.57 Å². The molecule has 292 valence electrons. The van der Waals surface area contributed by atoms with Gasteiger partial charge in [0.05, 0.1) is 5.52 Å². The molecule has 0 bridgehead atoms. The van der Waals surface area contributed by atoms with Gasteiger partial charge in [-0.15, -0.1) is 0 Å². The van der Waals surface area contributed by atoms with E-state index < -0.39 is 0 Å². The third-order valence-electron chi connectivity index (χ3n) is 12.8. The van der Waals surface area contributed by atoms with Gasteiger partial charge in [0.1, 0.15) is 0 Å². The van der Waals surface area contributed by atoms with Gasteiger partial charge in [-0.2, -0.15) is 0 Å². The Bertz CT molecular complexity index is 3500. The van der Waals surface area contributed by atoms with Crippen molar-refractivity contribution in [2.45, 2.75) is 12.8 Å². The van der Waals surface area contributed by atoms with E-state index in [2.05, 4.69) is 240 Å². The number of anilines is 3. The number of hydrogen-bond donors (Lipinski definition) is 0. The standard InChI is InChI=1S/C60H42N2/c1-2-14-41(15-3-1)42-30-34-48(35-31-42)61(49-36-32-44(33-37-49)57-40-47-29-28-43-16-4-5-21-52(43)60(47)56-25-7-6-22-53(56)57)50-19-12-17-45(38-50)46-18-13-20-51(39-46)62-58-26-10-8-23-54(58)55-24-9-11-27-59(55)62/h1-8,10-23,25-40H,9,24H2. The maximum absolute atomic E-state index is 2.44. The van der Waals surface area contributed by atoms with E-state index in [0.717, 1.165) is 29.9 Å². The molecule has 0 fully saturated rings. The molecule has 1 aromatic heterocycles. The van der Waals surface area contributed by atoms with Crippen LogP contribution in [0, 0.1) is 0 Å². The zero-order valence-corrected chi connectivity index (χ0v) is 34.2. The highest BCUT2D eigenvalue weighted by Gasteiger charge is 2.20. The Hall–Kier alpha value is -7.94. The van der Waals surface area contributed by atoms with Gasteiger partial charge in [0.2, 0.25) is 0 Å². The molecule has 10 aromatic carbocycles. The molecular formula is C60H42N2. The molecule has 0 aliphatic heterocycles. The lowest BCUT2D eigenvalue weighted by atomic mass is 9.90. The summed E-state index contributed by atoms with van der Waals surface area (Å²) in [5.74, 6) is 0. The molecule has 12 rings (SSSR count). The van der Waals surface area contributed by atoms with Crippen molar-refractivity contribution < 1.29 is 0 Å². The van der Waals surface area contributed by atoms with Crippen molar-refractivity contribution in [3.8, 4) is 39.1 Å². The Labute approximate surface area is 361 Å². The number of fused-ring (bicyclic) bond motifs is 8. The molecule has 1 aliphatic carbocycles. The van der Waals surface area contributed by atoms with Crippen LogP contribution in [0.3, 0.4) is 0 Å². The number of rotatable bonds is 7. The van der Waals surface area contributed by atoms with Crippen molar-refractivity contribution >= 4 is 66.4 Å². The zero-order valence-electron chi connectivity index (χ0n) is 34.2. The largest absolute Gasteiger partial charge is 0.310 e. The summed E-state index contributed by atoms with van der Waals surface area (Å²) >= 11 is 0. The first-order chi connectivity index (χ1) is 30.7. The molecule has 0 spiro atoms. The van der Waals surface area contributed by atoms with Crippen molar-refractivity contribution in [2.75, 3.05) is 4.90 Å². The predicted octanol–water partition coefficient (Wildman–Crippen LogP) is 16.5. The molecule has 0 unspecified atom stereocenters. The third kappa shape index (κ3) is 6.11. The topological polar surface area (TPSA) is 8.17 Å². The van der Waals surface area contributed by atoms with Crippen molar-refractivity contribution in [2.24, 2.45) is 0 Å². The van der Waals surface area contributed by atoms with Gasteiger partial charge in [0, 0.05) is 33.8 Å². The minimum atomic E-state index is 1.07. The fraction of sp³-hybridized carbons (Fsp3) is 0.0333. The van der Waals surface area contributed by atoms with Gasteiger partial charge in [-0.1, -0.05) is 164 Å². The molecule has 0 saturated carbocycles. The Morgan fingerprint density at radius 2 is 1.00 bits per heavy atom. The fourth-order valence-electron chi connectivity index (χ4n) is 9.90. The van der Waals surface area contributed by atoms with Gasteiger partial charge >= 0.3 is 0 Å². The molecule has 0 atom stereocenters. The van der Waals surface area contributed by atoms with Gasteiger partial charge in [0.25, 0.3) is 0 Å². The van der Waals surface area contributed by atoms with E-state index in [0.29, 0.717) is 0 Å². The molecule has 62 heavy (non-hydrogen) atoms. The van der Waals surface area contributed by atoms with Crippen LogP contribution >= 0.6 is 0 Å². The highest BCUT2D eigenvalue weighted by atomic mass is 15.1. The number of para-hydroxylation sites is 1. The monoisotopic (exact) mass is 790 g/mol. The minimum Gasteiger partial charge on any atom is -0.310 e. The number of allylic oxidation sites excluding steroid dienone is 1. The third-order valence-corrected chi connectivity index (χ3v) is 12.8. The summed E-state index contributed by atoms with van der Waals surface area (Å²) in [5.41, 5.74) is 15.7. The Kier molecular flexibility index (Phi) is 8.67. The maximum atomic E-state index is 2.44. The molecule has 2 nitrogen and oxygen atoms in total. The molecule has 1 heterocycles. The SMILES string of the molecule is C1=Cc2c(c3ccccc3n2-c2cccc(-c3cccc(N(c4ccc(-c5ccccc5)cc4)c4ccc(-c5cc6ccc7ccccc7c6c6ccccc56)cc4)c3)c2)CC1. The summed E-state index contributed by atoms with van der Waals surface area (Å²) in [4.78, 5) is 2.39. The molecule has 0 radical (unpaired) electrons. The molecule has 11 aromatic rings. The van der Waals surface area contributed by atoms with Gasteiger partial charge in [-0.05, 0) is 151 Å². The lowest BCUT2D eigenvalue weighted by molar-refractivity contribution is 0.968. The van der Waals surface area contributed by atoms with Crippen LogP contribution < -0.4 is 4.90 Å². The summed E-state index contributed by atoms with van der Waals surface area (Å²) < 4.78 is 2.44. The molecule has 0 amide bonds. The van der Waals surface area contributed by atoms with Crippen molar-refractivity contribution in [3.05, 3.63) is 236 Å². The van der Waals surface area contributed by atoms with E-state index >= 15 is 0 Å². The summed E-state index contributed by atoms with van der Waals surface area (Å²) in [7, 11) is 0. The van der Waals surface area contributed by atoms with E-state index in [4.69, 9.17) is 0 Å². The molecule has 0 saturated heterocycles. The van der Waals surface area contributed by atoms with Crippen LogP contribution in [0.15, 0.2) is 224 Å². The molecular weight excluding hydrogens is 749 g/mol. The minimum absolute atomic E-state index is 1.07. The first-order valence-corrected chi connectivity index (χ1v) is 21.6. The Morgan fingerprint density at radius 3 is 1.81 bits per heavy atom. The quantitative estimate of drug-likeness (QED) is 0.146. The van der Waals surface area contributed by atoms with Crippen molar-refractivity contribution in [1.29, 1.82) is 0 Å². The smallest absolute Gasteiger partial charge is 0.0537 e. The van der Waals surface area contributed by atoms with Gasteiger partial charge in [-0.3, -0.25) is 0 Å². The summed E-state index contributed by atoms with van der Waals surface area (Å²) in [6.07, 6.45) is 6.77. The summed E-state index contributed by atoms with van der Waals surface area (Å²) in [6, 6.07) is 80.1. The highest BCUT2D eigenvalue weighted by Crippen LogP contribution is 2.42. The second kappa shape index (κ2) is 15.0. The van der Waals surface area contributed by atoms with Crippen LogP contribution in [-0.4, -0.2) is 4.57 Å². The van der Waals surface area contributed by atoms with Crippen LogP contribution in [0.1, 0.15) is 17.7 Å². The van der Waals surface area contributed by atoms with E-state index in [1.807, 2.05) is 0 Å². The van der Waals surface area contributed by atoms with Gasteiger partial charge in [-0.25, -0.2) is 0 Å². The van der Waals surface area contributed by atoms with E-state index in [1.165, 1.54) is 93.5 Å². The van der Waals surface area contributed by atoms with Crippen LogP contribution in [0.4, 0.5) is 17.1 Å². The van der Waals surface area contributed by atoms with Gasteiger partial charge in [0.15, 0.2) is 0 Å². The second-order valence-corrected chi connectivity index (χ2v) is 16.4. The Balaban J connectivity index is 0.966. The number of nitrogens with zero attached hydrogens (tertiary/aromatic N) is 2. The number of aryl methyl sites for hydroxylation is 1. The summed E-state index contributed by atoms with van der Waals surface area (Å²) in [6.45, 7) is 0. The lowest BCUT2D eigenvalue weighted by Gasteiger charge is -2.26. The molecule has 0 N–H and O–H groups in total. The van der Waals surface area contributed by atoms with Crippen LogP contribution in [0.25, 0.3) is 88.4 Å². The normalized spacial score (nSPS) is 12.3. The second-order valence-electron chi connectivity index (χ2n) is 16.4. The maximum Gasteiger partial charge on any atom is 0.0537 e. The first-order valence-electron chi connectivity index (χ1n) is 21.6. The highest BCUT2D eigenvalue weighted by molar-refractivity contribution is 6.23. The van der Waals surface area contributed by atoms with Gasteiger partial charge < -0.3 is 9.47 Å². The Morgan fingerprint density at radius 1 is 0.387 bits per heavy atom.